The number of rotatable bonds is 6. The Hall–Kier alpha value is -3.69. The summed E-state index contributed by atoms with van der Waals surface area (Å²) >= 11 is 0. The molecule has 0 aliphatic heterocycles. The van der Waals surface area contributed by atoms with E-state index in [0.717, 1.165) is 16.0 Å². The molecule has 1 N–H and O–H groups in total. The molecular formula is C17H17N5O5. The van der Waals surface area contributed by atoms with Gasteiger partial charge < -0.3 is 14.8 Å². The van der Waals surface area contributed by atoms with E-state index in [1.54, 1.807) is 42.7 Å². The van der Waals surface area contributed by atoms with Crippen molar-refractivity contribution in [1.29, 1.82) is 0 Å². The predicted octanol–water partition coefficient (Wildman–Crippen LogP) is 1.49. The topological polar surface area (TPSA) is 117 Å². The number of para-hydroxylation sites is 1. The van der Waals surface area contributed by atoms with Crippen molar-refractivity contribution >= 4 is 23.3 Å². The van der Waals surface area contributed by atoms with Crippen molar-refractivity contribution in [2.45, 2.75) is 13.0 Å². The van der Waals surface area contributed by atoms with E-state index in [9.17, 15) is 9.59 Å². The summed E-state index contributed by atoms with van der Waals surface area (Å²) in [7, 11) is 1.48. The van der Waals surface area contributed by atoms with Gasteiger partial charge in [0.2, 0.25) is 0 Å². The summed E-state index contributed by atoms with van der Waals surface area (Å²) in [6.07, 6.45) is 2.17. The highest BCUT2D eigenvalue weighted by Crippen LogP contribution is 2.11. The molecule has 1 aromatic carbocycles. The molecule has 0 radical (unpaired) electrons. The Morgan fingerprint density at radius 2 is 2.00 bits per heavy atom. The van der Waals surface area contributed by atoms with Gasteiger partial charge >= 0.3 is 12.2 Å². The van der Waals surface area contributed by atoms with Crippen LogP contribution < -0.4 is 10.2 Å². The van der Waals surface area contributed by atoms with E-state index in [2.05, 4.69) is 20.6 Å². The van der Waals surface area contributed by atoms with Crippen LogP contribution in [0.4, 0.5) is 9.59 Å². The summed E-state index contributed by atoms with van der Waals surface area (Å²) in [5.74, 6) is 0. The summed E-state index contributed by atoms with van der Waals surface area (Å²) < 4.78 is 10.1. The van der Waals surface area contributed by atoms with Crippen LogP contribution in [0.5, 0.6) is 0 Å². The molecule has 0 saturated carbocycles. The van der Waals surface area contributed by atoms with E-state index in [0.29, 0.717) is 17.5 Å². The lowest BCUT2D eigenvalue weighted by Gasteiger charge is -2.10. The Morgan fingerprint density at radius 3 is 2.85 bits per heavy atom. The van der Waals surface area contributed by atoms with E-state index >= 15 is 0 Å². The number of benzene rings is 1. The Morgan fingerprint density at radius 1 is 1.15 bits per heavy atom. The van der Waals surface area contributed by atoms with E-state index in [1.807, 2.05) is 0 Å². The van der Waals surface area contributed by atoms with Crippen LogP contribution in [0.25, 0.3) is 11.0 Å². The van der Waals surface area contributed by atoms with Crippen molar-refractivity contribution in [3.8, 4) is 0 Å². The van der Waals surface area contributed by atoms with Gasteiger partial charge in [-0.3, -0.25) is 9.82 Å². The van der Waals surface area contributed by atoms with Crippen molar-refractivity contribution in [3.05, 3.63) is 53.9 Å². The number of aromatic nitrogens is 4. The average molecular weight is 371 g/mol. The van der Waals surface area contributed by atoms with Crippen molar-refractivity contribution in [2.75, 3.05) is 13.7 Å². The summed E-state index contributed by atoms with van der Waals surface area (Å²) in [5.41, 5.74) is 2.72. The number of nitrogens with zero attached hydrogens (tertiary/aromatic N) is 4. The molecule has 0 unspecified atom stereocenters. The lowest BCUT2D eigenvalue weighted by Crippen LogP contribution is -2.23. The zero-order valence-corrected chi connectivity index (χ0v) is 14.5. The van der Waals surface area contributed by atoms with Crippen LogP contribution in [0.1, 0.15) is 11.1 Å². The number of amides is 1. The Labute approximate surface area is 154 Å². The summed E-state index contributed by atoms with van der Waals surface area (Å²) in [6, 6.07) is 8.82. The van der Waals surface area contributed by atoms with Gasteiger partial charge in [0, 0.05) is 31.4 Å². The number of pyridine rings is 1. The Balaban J connectivity index is 1.52. The number of fused-ring (bicyclic) bond motifs is 1. The second kappa shape index (κ2) is 8.61. The maximum atomic E-state index is 11.9. The molecule has 10 nitrogen and oxygen atoms in total. The SMILES string of the molecule is CNC(=O)OCc1cnccc1CCOC(=O)On1nnc2ccccc21. The first kappa shape index (κ1) is 18.1. The quantitative estimate of drug-likeness (QED) is 0.511. The minimum atomic E-state index is -0.900. The summed E-state index contributed by atoms with van der Waals surface area (Å²) in [5, 5.41) is 9.99. The predicted molar refractivity (Wildman–Crippen MR) is 92.6 cm³/mol. The average Bonchev–Trinajstić information content (AvgIpc) is 3.10. The van der Waals surface area contributed by atoms with Gasteiger partial charge in [0.25, 0.3) is 0 Å². The number of alkyl carbamates (subject to hydrolysis) is 1. The normalized spacial score (nSPS) is 10.4. The molecular weight excluding hydrogens is 354 g/mol. The molecule has 2 aromatic heterocycles. The van der Waals surface area contributed by atoms with Crippen LogP contribution in [0, 0.1) is 0 Å². The fourth-order valence-corrected chi connectivity index (χ4v) is 2.30. The first-order valence-corrected chi connectivity index (χ1v) is 8.09. The fourth-order valence-electron chi connectivity index (χ4n) is 2.30. The summed E-state index contributed by atoms with van der Waals surface area (Å²) in [6.45, 7) is 0.140. The zero-order valence-electron chi connectivity index (χ0n) is 14.5. The van der Waals surface area contributed by atoms with Gasteiger partial charge in [-0.05, 0) is 29.0 Å². The third-order valence-electron chi connectivity index (χ3n) is 3.64. The van der Waals surface area contributed by atoms with E-state index in [-0.39, 0.29) is 13.2 Å². The number of ether oxygens (including phenoxy) is 2. The molecule has 0 saturated heterocycles. The van der Waals surface area contributed by atoms with Gasteiger partial charge in [0.05, 0.1) is 6.61 Å². The van der Waals surface area contributed by atoms with Crippen LogP contribution in [0.2, 0.25) is 0 Å². The lowest BCUT2D eigenvalue weighted by molar-refractivity contribution is 0.0401. The van der Waals surface area contributed by atoms with Gasteiger partial charge in [0.15, 0.2) is 0 Å². The van der Waals surface area contributed by atoms with Crippen molar-refractivity contribution in [2.24, 2.45) is 0 Å². The molecule has 2 heterocycles. The highest BCUT2D eigenvalue weighted by molar-refractivity contribution is 5.74. The van der Waals surface area contributed by atoms with Gasteiger partial charge in [-0.25, -0.2) is 9.59 Å². The number of hydrogen-bond donors (Lipinski definition) is 1. The van der Waals surface area contributed by atoms with Crippen LogP contribution in [-0.2, 0) is 22.5 Å². The molecule has 3 rings (SSSR count). The molecule has 10 heteroatoms. The van der Waals surface area contributed by atoms with Crippen LogP contribution >= 0.6 is 0 Å². The lowest BCUT2D eigenvalue weighted by atomic mass is 10.1. The van der Waals surface area contributed by atoms with Crippen LogP contribution in [-0.4, -0.2) is 46.0 Å². The number of carbonyl (C=O) groups is 2. The molecule has 0 aliphatic carbocycles. The van der Waals surface area contributed by atoms with Crippen molar-refractivity contribution in [1.82, 2.24) is 25.5 Å². The monoisotopic (exact) mass is 371 g/mol. The largest absolute Gasteiger partial charge is 0.535 e. The first-order chi connectivity index (χ1) is 13.2. The number of carbonyl (C=O) groups excluding carboxylic acids is 2. The van der Waals surface area contributed by atoms with Crippen LogP contribution in [0.3, 0.4) is 0 Å². The van der Waals surface area contributed by atoms with Crippen LogP contribution in [0.15, 0.2) is 42.7 Å². The molecule has 27 heavy (non-hydrogen) atoms. The third kappa shape index (κ3) is 4.69. The molecule has 140 valence electrons. The molecule has 0 fully saturated rings. The zero-order chi connectivity index (χ0) is 19.1. The molecule has 0 spiro atoms. The first-order valence-electron chi connectivity index (χ1n) is 8.09. The molecule has 0 aliphatic rings. The van der Waals surface area contributed by atoms with Gasteiger partial charge in [0.1, 0.15) is 17.6 Å². The molecule has 3 aromatic rings. The number of nitrogens with one attached hydrogen (secondary N) is 1. The molecule has 1 amide bonds. The van der Waals surface area contributed by atoms with E-state index in [4.69, 9.17) is 14.3 Å². The Bertz CT molecular complexity index is 942. The minimum Gasteiger partial charge on any atom is -0.445 e. The smallest absolute Gasteiger partial charge is 0.445 e. The van der Waals surface area contributed by atoms with Gasteiger partial charge in [-0.15, -0.1) is 5.10 Å². The Kier molecular flexibility index (Phi) is 5.77. The fraction of sp³-hybridized carbons (Fsp3) is 0.235. The summed E-state index contributed by atoms with van der Waals surface area (Å²) in [4.78, 5) is 33.1. The maximum absolute atomic E-state index is 11.9. The highest BCUT2D eigenvalue weighted by Gasteiger charge is 2.12. The second-order valence-electron chi connectivity index (χ2n) is 5.36. The molecule has 0 atom stereocenters. The second-order valence-corrected chi connectivity index (χ2v) is 5.36. The molecule has 0 bridgehead atoms. The van der Waals surface area contributed by atoms with Crippen molar-refractivity contribution in [3.63, 3.8) is 0 Å². The van der Waals surface area contributed by atoms with Gasteiger partial charge in [-0.2, -0.15) is 0 Å². The third-order valence-corrected chi connectivity index (χ3v) is 3.64. The highest BCUT2D eigenvalue weighted by atomic mass is 16.8. The van der Waals surface area contributed by atoms with Gasteiger partial charge in [-0.1, -0.05) is 17.0 Å². The van der Waals surface area contributed by atoms with E-state index in [1.165, 1.54) is 7.05 Å². The standard InChI is InChI=1S/C17H17N5O5/c1-18-16(23)26-11-13-10-19-8-6-12(13)7-9-25-17(24)27-22-15-5-3-2-4-14(15)20-21-22/h2-6,8,10H,7,9,11H2,1H3,(H,18,23). The van der Waals surface area contributed by atoms with E-state index < -0.39 is 12.2 Å². The minimum absolute atomic E-state index is 0.0677. The number of hydrogen-bond acceptors (Lipinski definition) is 8. The van der Waals surface area contributed by atoms with Crippen molar-refractivity contribution < 1.29 is 23.9 Å². The maximum Gasteiger partial charge on any atom is 0.535 e.